The van der Waals surface area contributed by atoms with Crippen molar-refractivity contribution >= 4 is 5.78 Å². The Bertz CT molecular complexity index is 218. The van der Waals surface area contributed by atoms with Gasteiger partial charge in [0.2, 0.25) is 0 Å². The van der Waals surface area contributed by atoms with Gasteiger partial charge in [0.15, 0.2) is 0 Å². The normalized spacial score (nSPS) is 24.1. The van der Waals surface area contributed by atoms with Crippen molar-refractivity contribution in [1.82, 2.24) is 0 Å². The number of carbonyl (C=O) groups excluding carboxylic acids is 1. The molecule has 0 spiro atoms. The van der Waals surface area contributed by atoms with Crippen LogP contribution in [0.4, 0.5) is 0 Å². The summed E-state index contributed by atoms with van der Waals surface area (Å²) in [6.45, 7) is 3.31. The zero-order chi connectivity index (χ0) is 12.5. The smallest absolute Gasteiger partial charge is 0.139 e. The minimum Gasteiger partial charge on any atom is -0.379 e. The second kappa shape index (κ2) is 8.65. The van der Waals surface area contributed by atoms with E-state index in [0.717, 1.165) is 6.42 Å². The molecule has 0 aromatic carbocycles. The first-order valence-corrected chi connectivity index (χ1v) is 7.11. The Balaban J connectivity index is 1.97. The van der Waals surface area contributed by atoms with Crippen LogP contribution in [0.15, 0.2) is 0 Å². The summed E-state index contributed by atoms with van der Waals surface area (Å²) in [5, 5.41) is 0. The number of rotatable bonds is 9. The van der Waals surface area contributed by atoms with E-state index < -0.39 is 0 Å². The van der Waals surface area contributed by atoms with Crippen molar-refractivity contribution in [2.24, 2.45) is 11.7 Å². The van der Waals surface area contributed by atoms with E-state index in [1.807, 2.05) is 0 Å². The number of ether oxygens (including phenoxy) is 1. The molecule has 2 atom stereocenters. The zero-order valence-corrected chi connectivity index (χ0v) is 11.1. The number of ketones is 1. The molecular weight excluding hydrogens is 214 g/mol. The van der Waals surface area contributed by atoms with Crippen molar-refractivity contribution in [1.29, 1.82) is 0 Å². The van der Waals surface area contributed by atoms with Crippen molar-refractivity contribution < 1.29 is 9.53 Å². The van der Waals surface area contributed by atoms with Gasteiger partial charge in [0.1, 0.15) is 5.78 Å². The molecule has 0 radical (unpaired) electrons. The lowest BCUT2D eigenvalue weighted by Gasteiger charge is -2.11. The zero-order valence-electron chi connectivity index (χ0n) is 11.1. The van der Waals surface area contributed by atoms with Gasteiger partial charge in [-0.3, -0.25) is 4.79 Å². The molecule has 2 unspecified atom stereocenters. The molecule has 0 aliphatic carbocycles. The summed E-state index contributed by atoms with van der Waals surface area (Å²) >= 11 is 0. The van der Waals surface area contributed by atoms with Crippen molar-refractivity contribution in [3.63, 3.8) is 0 Å². The van der Waals surface area contributed by atoms with Gasteiger partial charge in [0.25, 0.3) is 0 Å². The Labute approximate surface area is 105 Å². The Morgan fingerprint density at radius 2 is 1.76 bits per heavy atom. The van der Waals surface area contributed by atoms with E-state index in [2.05, 4.69) is 6.92 Å². The first kappa shape index (κ1) is 14.7. The maximum atomic E-state index is 11.8. The lowest BCUT2D eigenvalue weighted by molar-refractivity contribution is -0.123. The maximum Gasteiger partial charge on any atom is 0.139 e. The highest BCUT2D eigenvalue weighted by Crippen LogP contribution is 2.17. The molecule has 1 heterocycles. The average Bonchev–Trinajstić information content (AvgIpc) is 2.74. The van der Waals surface area contributed by atoms with Crippen LogP contribution in [0.25, 0.3) is 0 Å². The van der Waals surface area contributed by atoms with Gasteiger partial charge >= 0.3 is 0 Å². The molecule has 1 saturated heterocycles. The summed E-state index contributed by atoms with van der Waals surface area (Å²) in [6, 6.07) is -0.0629. The minimum atomic E-state index is -0.0629. The third-order valence-electron chi connectivity index (χ3n) is 3.56. The standard InChI is InChI=1S/C14H27NO2/c1-2-3-4-5-6-7-8-9-14(16)12-10-17-11-13(12)15/h12-13H,2-11,15H2,1H3. The lowest BCUT2D eigenvalue weighted by Crippen LogP contribution is -2.33. The molecule has 3 nitrogen and oxygen atoms in total. The van der Waals surface area contributed by atoms with Crippen LogP contribution in [0, 0.1) is 5.92 Å². The monoisotopic (exact) mass is 241 g/mol. The van der Waals surface area contributed by atoms with Crippen LogP contribution >= 0.6 is 0 Å². The van der Waals surface area contributed by atoms with Gasteiger partial charge in [-0.05, 0) is 6.42 Å². The number of unbranched alkanes of at least 4 members (excludes halogenated alkanes) is 6. The fourth-order valence-corrected chi connectivity index (χ4v) is 2.34. The SMILES string of the molecule is CCCCCCCCCC(=O)C1COCC1N. The van der Waals surface area contributed by atoms with E-state index in [-0.39, 0.29) is 12.0 Å². The van der Waals surface area contributed by atoms with Gasteiger partial charge in [-0.25, -0.2) is 0 Å². The van der Waals surface area contributed by atoms with Crippen LogP contribution in [0.3, 0.4) is 0 Å². The first-order chi connectivity index (χ1) is 8.25. The predicted octanol–water partition coefficient (Wildman–Crippen LogP) is 2.67. The average molecular weight is 241 g/mol. The van der Waals surface area contributed by atoms with Gasteiger partial charge in [-0.1, -0.05) is 45.4 Å². The van der Waals surface area contributed by atoms with E-state index in [9.17, 15) is 4.79 Å². The summed E-state index contributed by atoms with van der Waals surface area (Å²) in [7, 11) is 0. The van der Waals surface area contributed by atoms with Gasteiger partial charge in [-0.2, -0.15) is 0 Å². The van der Waals surface area contributed by atoms with Crippen LogP contribution in [-0.4, -0.2) is 25.0 Å². The van der Waals surface area contributed by atoms with Gasteiger partial charge < -0.3 is 10.5 Å². The largest absolute Gasteiger partial charge is 0.379 e. The number of Topliss-reactive ketones (excluding diaryl/α,β-unsaturated/α-hetero) is 1. The van der Waals surface area contributed by atoms with E-state index >= 15 is 0 Å². The fourth-order valence-electron chi connectivity index (χ4n) is 2.34. The molecule has 3 heteroatoms. The highest BCUT2D eigenvalue weighted by Gasteiger charge is 2.30. The second-order valence-corrected chi connectivity index (χ2v) is 5.15. The maximum absolute atomic E-state index is 11.8. The molecule has 0 amide bonds. The van der Waals surface area contributed by atoms with Gasteiger partial charge in [0, 0.05) is 12.5 Å². The highest BCUT2D eigenvalue weighted by molar-refractivity contribution is 5.82. The van der Waals surface area contributed by atoms with Crippen LogP contribution in [0.5, 0.6) is 0 Å². The molecule has 1 fully saturated rings. The summed E-state index contributed by atoms with van der Waals surface area (Å²) in [5.74, 6) is 0.277. The Hall–Kier alpha value is -0.410. The third kappa shape index (κ3) is 5.64. The molecule has 2 N–H and O–H groups in total. The topological polar surface area (TPSA) is 52.3 Å². The summed E-state index contributed by atoms with van der Waals surface area (Å²) < 4.78 is 5.22. The molecule has 0 saturated carbocycles. The summed E-state index contributed by atoms with van der Waals surface area (Å²) in [5.41, 5.74) is 5.82. The van der Waals surface area contributed by atoms with E-state index in [4.69, 9.17) is 10.5 Å². The van der Waals surface area contributed by atoms with Crippen LogP contribution in [0.2, 0.25) is 0 Å². The van der Waals surface area contributed by atoms with Crippen molar-refractivity contribution in [3.05, 3.63) is 0 Å². The van der Waals surface area contributed by atoms with Crippen LogP contribution < -0.4 is 5.73 Å². The van der Waals surface area contributed by atoms with Crippen LogP contribution in [0.1, 0.15) is 58.3 Å². The van der Waals surface area contributed by atoms with Crippen molar-refractivity contribution in [3.8, 4) is 0 Å². The quantitative estimate of drug-likeness (QED) is 0.631. The molecule has 100 valence electrons. The lowest BCUT2D eigenvalue weighted by atomic mass is 9.95. The Kier molecular flexibility index (Phi) is 7.45. The van der Waals surface area contributed by atoms with E-state index in [1.54, 1.807) is 0 Å². The molecule has 0 aromatic heterocycles. The van der Waals surface area contributed by atoms with E-state index in [1.165, 1.54) is 38.5 Å². The second-order valence-electron chi connectivity index (χ2n) is 5.15. The molecular formula is C14H27NO2. The van der Waals surface area contributed by atoms with Gasteiger partial charge in [0.05, 0.1) is 19.1 Å². The third-order valence-corrected chi connectivity index (χ3v) is 3.56. The van der Waals surface area contributed by atoms with Crippen molar-refractivity contribution in [2.45, 2.75) is 64.3 Å². The van der Waals surface area contributed by atoms with Crippen LogP contribution in [-0.2, 0) is 9.53 Å². The minimum absolute atomic E-state index is 0.0323. The summed E-state index contributed by atoms with van der Waals surface area (Å²) in [4.78, 5) is 11.8. The molecule has 0 aromatic rings. The van der Waals surface area contributed by atoms with Gasteiger partial charge in [-0.15, -0.1) is 0 Å². The number of carbonyl (C=O) groups is 1. The molecule has 1 aliphatic heterocycles. The van der Waals surface area contributed by atoms with E-state index in [0.29, 0.717) is 25.4 Å². The highest BCUT2D eigenvalue weighted by atomic mass is 16.5. The fraction of sp³-hybridized carbons (Fsp3) is 0.929. The summed E-state index contributed by atoms with van der Waals surface area (Å²) in [6.07, 6.45) is 9.44. The molecule has 1 aliphatic rings. The molecule has 0 bridgehead atoms. The number of hydrogen-bond acceptors (Lipinski definition) is 3. The number of hydrogen-bond donors (Lipinski definition) is 1. The molecule has 1 rings (SSSR count). The van der Waals surface area contributed by atoms with Crippen molar-refractivity contribution in [2.75, 3.05) is 13.2 Å². The number of nitrogens with two attached hydrogens (primary N) is 1. The first-order valence-electron chi connectivity index (χ1n) is 7.11. The Morgan fingerprint density at radius 3 is 2.35 bits per heavy atom. The Morgan fingerprint density at radius 1 is 1.12 bits per heavy atom. The molecule has 17 heavy (non-hydrogen) atoms. The predicted molar refractivity (Wildman–Crippen MR) is 69.9 cm³/mol.